The Balaban J connectivity index is 2.30. The highest BCUT2D eigenvalue weighted by atomic mass is 16.2. The first-order valence-electron chi connectivity index (χ1n) is 7.46. The number of aromatic nitrogens is 1. The summed E-state index contributed by atoms with van der Waals surface area (Å²) in [6.07, 6.45) is 4.12. The highest BCUT2D eigenvalue weighted by Crippen LogP contribution is 2.21. The van der Waals surface area contributed by atoms with Crippen molar-refractivity contribution < 1.29 is 9.59 Å². The minimum absolute atomic E-state index is 0.000275. The van der Waals surface area contributed by atoms with Crippen molar-refractivity contribution in [2.24, 2.45) is 5.92 Å². The topological polar surface area (TPSA) is 62.3 Å². The summed E-state index contributed by atoms with van der Waals surface area (Å²) in [6, 6.07) is 1.09. The van der Waals surface area contributed by atoms with Crippen molar-refractivity contribution in [2.75, 3.05) is 0 Å². The molecule has 5 nitrogen and oxygen atoms in total. The van der Waals surface area contributed by atoms with Crippen LogP contribution in [-0.4, -0.2) is 33.8 Å². The van der Waals surface area contributed by atoms with Crippen LogP contribution in [0, 0.1) is 12.8 Å². The van der Waals surface area contributed by atoms with Gasteiger partial charge in [0.15, 0.2) is 0 Å². The fourth-order valence-corrected chi connectivity index (χ4v) is 2.68. The molecule has 0 spiro atoms. The van der Waals surface area contributed by atoms with Gasteiger partial charge >= 0.3 is 0 Å². The first-order chi connectivity index (χ1) is 9.95. The molecule has 1 aliphatic rings. The highest BCUT2D eigenvalue weighted by Gasteiger charge is 2.40. The van der Waals surface area contributed by atoms with E-state index in [1.165, 1.54) is 0 Å². The van der Waals surface area contributed by atoms with Crippen molar-refractivity contribution in [3.63, 3.8) is 0 Å². The maximum atomic E-state index is 12.7. The number of hydrogen-bond donors (Lipinski definition) is 1. The van der Waals surface area contributed by atoms with E-state index in [0.29, 0.717) is 13.0 Å². The Morgan fingerprint density at radius 2 is 2.10 bits per heavy atom. The van der Waals surface area contributed by atoms with Crippen LogP contribution in [0.2, 0.25) is 0 Å². The summed E-state index contributed by atoms with van der Waals surface area (Å²) in [5.74, 6) is 0.0220. The van der Waals surface area contributed by atoms with Crippen molar-refractivity contribution in [1.29, 1.82) is 0 Å². The van der Waals surface area contributed by atoms with Crippen molar-refractivity contribution in [3.05, 3.63) is 29.6 Å². The van der Waals surface area contributed by atoms with Crippen LogP contribution in [0.25, 0.3) is 0 Å². The summed E-state index contributed by atoms with van der Waals surface area (Å²) in [5, 5.41) is 2.85. The number of amides is 2. The van der Waals surface area contributed by atoms with Gasteiger partial charge in [-0.25, -0.2) is 0 Å². The zero-order valence-electron chi connectivity index (χ0n) is 13.1. The SMILES string of the molecule is CCC1C(=O)NC(C(C)C)C(=O)N1Cc1cnccc1C. The minimum atomic E-state index is -0.433. The van der Waals surface area contributed by atoms with Gasteiger partial charge in [0.1, 0.15) is 12.1 Å². The largest absolute Gasteiger partial charge is 0.342 e. The molecule has 2 amide bonds. The predicted molar refractivity (Wildman–Crippen MR) is 80.4 cm³/mol. The second kappa shape index (κ2) is 6.24. The molecule has 0 aliphatic carbocycles. The number of rotatable bonds is 4. The molecule has 1 aromatic rings. The predicted octanol–water partition coefficient (Wildman–Crippen LogP) is 1.65. The van der Waals surface area contributed by atoms with Crippen LogP contribution < -0.4 is 5.32 Å². The lowest BCUT2D eigenvalue weighted by Crippen LogP contribution is -2.64. The average molecular weight is 289 g/mol. The van der Waals surface area contributed by atoms with Crippen LogP contribution in [0.5, 0.6) is 0 Å². The van der Waals surface area contributed by atoms with Gasteiger partial charge in [0.25, 0.3) is 0 Å². The van der Waals surface area contributed by atoms with E-state index in [1.807, 2.05) is 33.8 Å². The molecule has 1 aliphatic heterocycles. The molecule has 2 rings (SSSR count). The number of piperazine rings is 1. The van der Waals surface area contributed by atoms with Crippen LogP contribution in [0.1, 0.15) is 38.3 Å². The molecule has 1 saturated heterocycles. The molecule has 2 unspecified atom stereocenters. The molecular formula is C16H23N3O2. The van der Waals surface area contributed by atoms with Crippen molar-refractivity contribution in [3.8, 4) is 0 Å². The number of nitrogens with one attached hydrogen (secondary N) is 1. The maximum Gasteiger partial charge on any atom is 0.246 e. The second-order valence-corrected chi connectivity index (χ2v) is 5.92. The molecule has 0 bridgehead atoms. The summed E-state index contributed by atoms with van der Waals surface area (Å²) in [5.41, 5.74) is 2.07. The van der Waals surface area contributed by atoms with E-state index >= 15 is 0 Å². The Morgan fingerprint density at radius 3 is 2.67 bits per heavy atom. The number of aryl methyl sites for hydroxylation is 1. The smallest absolute Gasteiger partial charge is 0.246 e. The lowest BCUT2D eigenvalue weighted by atomic mass is 9.96. The normalized spacial score (nSPS) is 22.6. The Labute approximate surface area is 125 Å². The van der Waals surface area contributed by atoms with E-state index < -0.39 is 12.1 Å². The molecule has 0 saturated carbocycles. The Hall–Kier alpha value is -1.91. The van der Waals surface area contributed by atoms with Crippen LogP contribution >= 0.6 is 0 Å². The molecular weight excluding hydrogens is 266 g/mol. The van der Waals surface area contributed by atoms with Crippen LogP contribution in [0.15, 0.2) is 18.5 Å². The second-order valence-electron chi connectivity index (χ2n) is 5.92. The Bertz CT molecular complexity index is 542. The van der Waals surface area contributed by atoms with E-state index in [4.69, 9.17) is 0 Å². The highest BCUT2D eigenvalue weighted by molar-refractivity contribution is 5.97. The number of pyridine rings is 1. The van der Waals surface area contributed by atoms with E-state index in [9.17, 15) is 9.59 Å². The first kappa shape index (κ1) is 15.5. The van der Waals surface area contributed by atoms with E-state index in [2.05, 4.69) is 10.3 Å². The molecule has 2 heterocycles. The van der Waals surface area contributed by atoms with Gasteiger partial charge in [-0.3, -0.25) is 14.6 Å². The summed E-state index contributed by atoms with van der Waals surface area (Å²) in [4.78, 5) is 30.8. The third-order valence-electron chi connectivity index (χ3n) is 4.07. The quantitative estimate of drug-likeness (QED) is 0.917. The fraction of sp³-hybridized carbons (Fsp3) is 0.562. The molecule has 1 fully saturated rings. The standard InChI is InChI=1S/C16H23N3O2/c1-5-13-15(20)18-14(10(2)3)16(21)19(13)9-12-8-17-7-6-11(12)4/h6-8,10,13-14H,5,9H2,1-4H3,(H,18,20). The van der Waals surface area contributed by atoms with Crippen LogP contribution in [-0.2, 0) is 16.1 Å². The number of carbonyl (C=O) groups excluding carboxylic acids is 2. The van der Waals surface area contributed by atoms with E-state index in [1.54, 1.807) is 17.3 Å². The molecule has 2 atom stereocenters. The van der Waals surface area contributed by atoms with Crippen LogP contribution in [0.3, 0.4) is 0 Å². The van der Waals surface area contributed by atoms with Crippen LogP contribution in [0.4, 0.5) is 0 Å². The lowest BCUT2D eigenvalue weighted by Gasteiger charge is -2.40. The summed E-state index contributed by atoms with van der Waals surface area (Å²) >= 11 is 0. The van der Waals surface area contributed by atoms with E-state index in [-0.39, 0.29) is 17.7 Å². The van der Waals surface area contributed by atoms with Gasteiger partial charge < -0.3 is 10.2 Å². The zero-order chi connectivity index (χ0) is 15.6. The summed E-state index contributed by atoms with van der Waals surface area (Å²) in [6.45, 7) is 8.25. The third kappa shape index (κ3) is 3.06. The zero-order valence-corrected chi connectivity index (χ0v) is 13.1. The first-order valence-corrected chi connectivity index (χ1v) is 7.46. The van der Waals surface area contributed by atoms with Gasteiger partial charge in [-0.15, -0.1) is 0 Å². The molecule has 1 aromatic heterocycles. The van der Waals surface area contributed by atoms with Crippen molar-refractivity contribution in [1.82, 2.24) is 15.2 Å². The molecule has 1 N–H and O–H groups in total. The lowest BCUT2D eigenvalue weighted by molar-refractivity contribution is -0.151. The molecule has 0 aromatic carbocycles. The average Bonchev–Trinajstić information content (AvgIpc) is 2.44. The molecule has 0 radical (unpaired) electrons. The minimum Gasteiger partial charge on any atom is -0.342 e. The fourth-order valence-electron chi connectivity index (χ4n) is 2.68. The molecule has 5 heteroatoms. The Kier molecular flexibility index (Phi) is 4.60. The number of carbonyl (C=O) groups is 2. The van der Waals surface area contributed by atoms with Crippen molar-refractivity contribution >= 4 is 11.8 Å². The molecule has 114 valence electrons. The van der Waals surface area contributed by atoms with E-state index in [0.717, 1.165) is 11.1 Å². The van der Waals surface area contributed by atoms with Gasteiger partial charge in [0, 0.05) is 18.9 Å². The summed E-state index contributed by atoms with van der Waals surface area (Å²) < 4.78 is 0. The Morgan fingerprint density at radius 1 is 1.38 bits per heavy atom. The third-order valence-corrected chi connectivity index (χ3v) is 4.07. The van der Waals surface area contributed by atoms with Gasteiger partial charge in [0.2, 0.25) is 11.8 Å². The van der Waals surface area contributed by atoms with Gasteiger partial charge in [-0.2, -0.15) is 0 Å². The molecule has 21 heavy (non-hydrogen) atoms. The summed E-state index contributed by atoms with van der Waals surface area (Å²) in [7, 11) is 0. The number of hydrogen-bond acceptors (Lipinski definition) is 3. The maximum absolute atomic E-state index is 12.7. The van der Waals surface area contributed by atoms with Gasteiger partial charge in [-0.05, 0) is 36.5 Å². The van der Waals surface area contributed by atoms with Gasteiger partial charge in [-0.1, -0.05) is 20.8 Å². The monoisotopic (exact) mass is 289 g/mol. The van der Waals surface area contributed by atoms with Crippen molar-refractivity contribution in [2.45, 2.75) is 52.7 Å². The number of nitrogens with zero attached hydrogens (tertiary/aromatic N) is 2. The van der Waals surface area contributed by atoms with Gasteiger partial charge in [0.05, 0.1) is 0 Å².